The van der Waals surface area contributed by atoms with Gasteiger partial charge in [-0.1, -0.05) is 23.7 Å². The first-order valence-corrected chi connectivity index (χ1v) is 9.37. The minimum atomic E-state index is -3.09. The molecule has 0 saturated heterocycles. The summed E-state index contributed by atoms with van der Waals surface area (Å²) < 4.78 is 36.0. The van der Waals surface area contributed by atoms with Gasteiger partial charge in [-0.25, -0.2) is 14.8 Å². The van der Waals surface area contributed by atoms with Crippen molar-refractivity contribution in [2.24, 2.45) is 0 Å². The number of nitrogens with one attached hydrogen (secondary N) is 1. The third kappa shape index (κ3) is 4.83. The van der Waals surface area contributed by atoms with E-state index in [2.05, 4.69) is 15.3 Å². The number of anilines is 1. The molecule has 3 rings (SSSR count). The zero-order valence-corrected chi connectivity index (χ0v) is 16.9. The van der Waals surface area contributed by atoms with Gasteiger partial charge < -0.3 is 14.8 Å². The van der Waals surface area contributed by atoms with E-state index in [0.29, 0.717) is 16.0 Å². The van der Waals surface area contributed by atoms with Crippen LogP contribution in [-0.4, -0.2) is 36.2 Å². The van der Waals surface area contributed by atoms with Crippen molar-refractivity contribution in [1.82, 2.24) is 9.97 Å². The first-order valence-electron chi connectivity index (χ1n) is 9.00. The molecule has 1 N–H and O–H groups in total. The molecule has 3 aromatic rings. The molecule has 0 unspecified atom stereocenters. The summed E-state index contributed by atoms with van der Waals surface area (Å²) in [6.07, 6.45) is 4.01. The van der Waals surface area contributed by atoms with Gasteiger partial charge >= 0.3 is 12.6 Å². The van der Waals surface area contributed by atoms with E-state index in [-0.39, 0.29) is 29.4 Å². The van der Waals surface area contributed by atoms with Crippen LogP contribution in [0.1, 0.15) is 12.5 Å². The van der Waals surface area contributed by atoms with Gasteiger partial charge in [0.1, 0.15) is 5.52 Å². The number of carbonyl (C=O) groups is 1. The van der Waals surface area contributed by atoms with Crippen LogP contribution in [0.4, 0.5) is 14.7 Å². The summed E-state index contributed by atoms with van der Waals surface area (Å²) in [6.45, 7) is -1.23. The fourth-order valence-corrected chi connectivity index (χ4v) is 3.08. The molecule has 30 heavy (non-hydrogen) atoms. The van der Waals surface area contributed by atoms with Crippen LogP contribution in [-0.2, 0) is 9.53 Å². The third-order valence-corrected chi connectivity index (χ3v) is 4.34. The second kappa shape index (κ2) is 9.49. The topological polar surface area (TPSA) is 73.3 Å². The Balaban J connectivity index is 2.31. The average molecular weight is 434 g/mol. The van der Waals surface area contributed by atoms with Crippen LogP contribution in [0, 0.1) is 0 Å². The van der Waals surface area contributed by atoms with Crippen molar-refractivity contribution in [2.45, 2.75) is 13.5 Å². The molecule has 0 spiro atoms. The maximum absolute atomic E-state index is 13.2. The minimum absolute atomic E-state index is 0.163. The summed E-state index contributed by atoms with van der Waals surface area (Å²) in [6, 6.07) is 8.65. The largest absolute Gasteiger partial charge is 0.463 e. The molecule has 0 aliphatic carbocycles. The monoisotopic (exact) mass is 433 g/mol. The zero-order chi connectivity index (χ0) is 21.7. The highest BCUT2D eigenvalue weighted by Gasteiger charge is 2.19. The SMILES string of the molecule is CCOC(=O)/C=C/c1cc(-c2cccc(Cl)c2)c2cnc(NC)nc2c1OC(F)F. The molecule has 0 aliphatic rings. The van der Waals surface area contributed by atoms with Crippen LogP contribution < -0.4 is 10.1 Å². The molecular weight excluding hydrogens is 416 g/mol. The van der Waals surface area contributed by atoms with Crippen LogP contribution in [0.15, 0.2) is 42.6 Å². The number of halogens is 3. The van der Waals surface area contributed by atoms with E-state index in [9.17, 15) is 13.6 Å². The average Bonchev–Trinajstić information content (AvgIpc) is 2.72. The predicted molar refractivity (Wildman–Crippen MR) is 112 cm³/mol. The number of nitrogens with zero attached hydrogens (tertiary/aromatic N) is 2. The molecule has 0 fully saturated rings. The summed E-state index contributed by atoms with van der Waals surface area (Å²) in [7, 11) is 1.61. The Morgan fingerprint density at radius 2 is 2.13 bits per heavy atom. The molecule has 2 aromatic carbocycles. The van der Waals surface area contributed by atoms with Crippen molar-refractivity contribution in [1.29, 1.82) is 0 Å². The highest BCUT2D eigenvalue weighted by molar-refractivity contribution is 6.31. The number of esters is 1. The van der Waals surface area contributed by atoms with Gasteiger partial charge in [-0.3, -0.25) is 0 Å². The number of hydrogen-bond donors (Lipinski definition) is 1. The van der Waals surface area contributed by atoms with E-state index in [1.165, 1.54) is 12.3 Å². The Morgan fingerprint density at radius 1 is 1.33 bits per heavy atom. The number of ether oxygens (including phenoxy) is 2. The quantitative estimate of drug-likeness (QED) is 0.409. The van der Waals surface area contributed by atoms with Crippen LogP contribution in [0.2, 0.25) is 5.02 Å². The normalized spacial score (nSPS) is 11.3. The van der Waals surface area contributed by atoms with Gasteiger partial charge in [0, 0.05) is 35.3 Å². The van der Waals surface area contributed by atoms with Gasteiger partial charge in [0.05, 0.1) is 6.61 Å². The van der Waals surface area contributed by atoms with Crippen LogP contribution >= 0.6 is 11.6 Å². The smallest absolute Gasteiger partial charge is 0.387 e. The molecule has 0 bridgehead atoms. The van der Waals surface area contributed by atoms with Gasteiger partial charge in [0.2, 0.25) is 5.95 Å². The highest BCUT2D eigenvalue weighted by Crippen LogP contribution is 2.39. The van der Waals surface area contributed by atoms with Crippen LogP contribution in [0.5, 0.6) is 5.75 Å². The molecule has 1 heterocycles. The number of hydrogen-bond acceptors (Lipinski definition) is 6. The lowest BCUT2D eigenvalue weighted by atomic mass is 9.97. The Labute approximate surface area is 176 Å². The Hall–Kier alpha value is -3.26. The lowest BCUT2D eigenvalue weighted by molar-refractivity contribution is -0.137. The van der Waals surface area contributed by atoms with E-state index >= 15 is 0 Å². The number of alkyl halides is 2. The number of carbonyl (C=O) groups excluding carboxylic acids is 1. The fourth-order valence-electron chi connectivity index (χ4n) is 2.89. The molecule has 0 atom stereocenters. The van der Waals surface area contributed by atoms with Crippen molar-refractivity contribution >= 4 is 40.5 Å². The molecule has 0 radical (unpaired) electrons. The lowest BCUT2D eigenvalue weighted by Crippen LogP contribution is -2.07. The Morgan fingerprint density at radius 3 is 2.80 bits per heavy atom. The number of rotatable bonds is 7. The van der Waals surface area contributed by atoms with E-state index in [1.54, 1.807) is 38.2 Å². The van der Waals surface area contributed by atoms with Gasteiger partial charge in [-0.15, -0.1) is 0 Å². The summed E-state index contributed by atoms with van der Waals surface area (Å²) >= 11 is 6.13. The number of fused-ring (bicyclic) bond motifs is 1. The number of benzene rings is 2. The molecule has 0 amide bonds. The fraction of sp³-hybridized carbons (Fsp3) is 0.190. The van der Waals surface area contributed by atoms with Gasteiger partial charge in [0.25, 0.3) is 0 Å². The summed E-state index contributed by atoms with van der Waals surface area (Å²) in [5.74, 6) is -0.557. The lowest BCUT2D eigenvalue weighted by Gasteiger charge is -2.15. The minimum Gasteiger partial charge on any atom is -0.463 e. The maximum atomic E-state index is 13.2. The molecule has 0 aliphatic heterocycles. The standard InChI is InChI=1S/C21H18ClF2N3O3/c1-3-29-17(28)8-7-13-10-15(12-5-4-6-14(22)9-12)16-11-26-21(25-2)27-18(16)19(13)30-20(23)24/h4-11,20H,3H2,1-2H3,(H,25,26,27)/b8-7+. The van der Waals surface area contributed by atoms with E-state index in [1.807, 2.05) is 6.07 Å². The first kappa shape index (κ1) is 21.4. The highest BCUT2D eigenvalue weighted by atomic mass is 35.5. The maximum Gasteiger partial charge on any atom is 0.387 e. The molecular formula is C21H18ClF2N3O3. The molecule has 0 saturated carbocycles. The predicted octanol–water partition coefficient (Wildman–Crippen LogP) is 5.17. The number of aromatic nitrogens is 2. The van der Waals surface area contributed by atoms with Gasteiger partial charge in [-0.2, -0.15) is 8.78 Å². The second-order valence-corrected chi connectivity index (χ2v) is 6.46. The Bertz CT molecular complexity index is 1110. The van der Waals surface area contributed by atoms with Crippen LogP contribution in [0.25, 0.3) is 28.1 Å². The molecule has 9 heteroatoms. The van der Waals surface area contributed by atoms with Crippen molar-refractivity contribution in [3.05, 3.63) is 53.2 Å². The summed E-state index contributed by atoms with van der Waals surface area (Å²) in [5, 5.41) is 3.77. The van der Waals surface area contributed by atoms with Crippen molar-refractivity contribution < 1.29 is 23.0 Å². The van der Waals surface area contributed by atoms with E-state index in [0.717, 1.165) is 11.6 Å². The molecule has 6 nitrogen and oxygen atoms in total. The first-order chi connectivity index (χ1) is 14.4. The van der Waals surface area contributed by atoms with Crippen molar-refractivity contribution in [3.8, 4) is 16.9 Å². The third-order valence-electron chi connectivity index (χ3n) is 4.11. The van der Waals surface area contributed by atoms with Crippen molar-refractivity contribution in [3.63, 3.8) is 0 Å². The van der Waals surface area contributed by atoms with E-state index < -0.39 is 12.6 Å². The Kier molecular flexibility index (Phi) is 6.79. The summed E-state index contributed by atoms with van der Waals surface area (Å²) in [4.78, 5) is 20.3. The molecule has 156 valence electrons. The van der Waals surface area contributed by atoms with E-state index in [4.69, 9.17) is 21.1 Å². The van der Waals surface area contributed by atoms with Gasteiger partial charge in [-0.05, 0) is 42.3 Å². The second-order valence-electron chi connectivity index (χ2n) is 6.02. The summed E-state index contributed by atoms with van der Waals surface area (Å²) in [5.41, 5.74) is 1.75. The zero-order valence-electron chi connectivity index (χ0n) is 16.2. The van der Waals surface area contributed by atoms with Crippen molar-refractivity contribution in [2.75, 3.05) is 19.0 Å². The molecule has 1 aromatic heterocycles. The van der Waals surface area contributed by atoms with Crippen LogP contribution in [0.3, 0.4) is 0 Å². The van der Waals surface area contributed by atoms with Gasteiger partial charge in [0.15, 0.2) is 5.75 Å².